The fraction of sp³-hybridized carbons (Fsp3) is 0.308. The van der Waals surface area contributed by atoms with Gasteiger partial charge in [0, 0.05) is 5.69 Å². The third-order valence-electron chi connectivity index (χ3n) is 2.56. The molecule has 0 unspecified atom stereocenters. The van der Waals surface area contributed by atoms with Gasteiger partial charge in [-0.3, -0.25) is 9.69 Å². The molecular formula is C13H15NO6. The van der Waals surface area contributed by atoms with Crippen molar-refractivity contribution < 1.29 is 29.0 Å². The number of methoxy groups -OCH3 is 2. The average molecular weight is 281 g/mol. The van der Waals surface area contributed by atoms with Crippen molar-refractivity contribution in [3.8, 4) is 0 Å². The van der Waals surface area contributed by atoms with Crippen molar-refractivity contribution in [3.63, 3.8) is 0 Å². The van der Waals surface area contributed by atoms with E-state index in [9.17, 15) is 14.4 Å². The van der Waals surface area contributed by atoms with E-state index in [0.717, 1.165) is 19.1 Å². The number of carbonyl (C=O) groups excluding carboxylic acids is 2. The Morgan fingerprint density at radius 2 is 1.75 bits per heavy atom. The second kappa shape index (κ2) is 7.13. The second-order valence-electron chi connectivity index (χ2n) is 3.81. The van der Waals surface area contributed by atoms with Gasteiger partial charge in [-0.25, -0.2) is 9.59 Å². The average Bonchev–Trinajstić information content (AvgIpc) is 2.46. The van der Waals surface area contributed by atoms with Gasteiger partial charge < -0.3 is 14.6 Å². The Kier molecular flexibility index (Phi) is 5.52. The number of benzene rings is 1. The van der Waals surface area contributed by atoms with Gasteiger partial charge >= 0.3 is 18.0 Å². The van der Waals surface area contributed by atoms with E-state index in [0.29, 0.717) is 5.69 Å². The molecular weight excluding hydrogens is 266 g/mol. The summed E-state index contributed by atoms with van der Waals surface area (Å²) < 4.78 is 9.17. The highest BCUT2D eigenvalue weighted by Crippen LogP contribution is 2.20. The second-order valence-corrected chi connectivity index (χ2v) is 3.81. The number of para-hydroxylation sites is 1. The van der Waals surface area contributed by atoms with Crippen molar-refractivity contribution in [1.82, 2.24) is 0 Å². The first-order valence-corrected chi connectivity index (χ1v) is 5.73. The number of ether oxygens (including phenoxy) is 2. The van der Waals surface area contributed by atoms with Crippen molar-refractivity contribution in [3.05, 3.63) is 30.3 Å². The van der Waals surface area contributed by atoms with Gasteiger partial charge in [-0.2, -0.15) is 0 Å². The predicted octanol–water partition coefficient (Wildman–Crippen LogP) is 1.28. The van der Waals surface area contributed by atoms with Gasteiger partial charge in [0.15, 0.2) is 0 Å². The fourth-order valence-corrected chi connectivity index (χ4v) is 1.68. The normalized spacial score (nSPS) is 11.3. The van der Waals surface area contributed by atoms with Gasteiger partial charge in [0.1, 0.15) is 6.04 Å². The Hall–Kier alpha value is -2.57. The molecule has 0 saturated heterocycles. The maximum absolute atomic E-state index is 11.9. The molecule has 0 aliphatic rings. The predicted molar refractivity (Wildman–Crippen MR) is 69.4 cm³/mol. The van der Waals surface area contributed by atoms with Gasteiger partial charge in [0.2, 0.25) is 0 Å². The van der Waals surface area contributed by atoms with Crippen molar-refractivity contribution >= 4 is 23.7 Å². The van der Waals surface area contributed by atoms with Gasteiger partial charge in [0.25, 0.3) is 0 Å². The number of nitrogens with zero attached hydrogens (tertiary/aromatic N) is 1. The van der Waals surface area contributed by atoms with E-state index in [4.69, 9.17) is 5.11 Å². The quantitative estimate of drug-likeness (QED) is 0.817. The molecule has 0 spiro atoms. The van der Waals surface area contributed by atoms with E-state index in [1.165, 1.54) is 0 Å². The molecule has 0 fully saturated rings. The van der Waals surface area contributed by atoms with Crippen LogP contribution >= 0.6 is 0 Å². The summed E-state index contributed by atoms with van der Waals surface area (Å²) in [6.07, 6.45) is -1.43. The zero-order valence-electron chi connectivity index (χ0n) is 11.1. The van der Waals surface area contributed by atoms with Crippen LogP contribution < -0.4 is 4.90 Å². The minimum Gasteiger partial charge on any atom is -0.481 e. The number of rotatable bonds is 5. The Morgan fingerprint density at radius 3 is 2.20 bits per heavy atom. The highest BCUT2D eigenvalue weighted by atomic mass is 16.5. The lowest BCUT2D eigenvalue weighted by atomic mass is 10.1. The van der Waals surface area contributed by atoms with Crippen molar-refractivity contribution in [1.29, 1.82) is 0 Å². The van der Waals surface area contributed by atoms with Crippen LogP contribution in [0.5, 0.6) is 0 Å². The molecule has 0 bridgehead atoms. The standard InChI is InChI=1S/C13H15NO6/c1-19-12(17)10(8-11(15)16)14(13(18)20-2)9-6-4-3-5-7-9/h3-7,10H,8H2,1-2H3,(H,15,16)/t10-/m0/s1. The monoisotopic (exact) mass is 281 g/mol. The lowest BCUT2D eigenvalue weighted by Crippen LogP contribution is -2.47. The molecule has 20 heavy (non-hydrogen) atoms. The minimum atomic E-state index is -1.30. The lowest BCUT2D eigenvalue weighted by Gasteiger charge is -2.27. The first-order valence-electron chi connectivity index (χ1n) is 5.73. The number of hydrogen-bond donors (Lipinski definition) is 1. The number of carboxylic acids is 1. The van der Waals surface area contributed by atoms with E-state index < -0.39 is 30.5 Å². The van der Waals surface area contributed by atoms with Crippen molar-refractivity contribution in [2.75, 3.05) is 19.1 Å². The van der Waals surface area contributed by atoms with Crippen molar-refractivity contribution in [2.24, 2.45) is 0 Å². The number of anilines is 1. The summed E-state index contributed by atoms with van der Waals surface area (Å²) in [7, 11) is 2.27. The molecule has 0 aromatic heterocycles. The van der Waals surface area contributed by atoms with E-state index in [1.54, 1.807) is 30.3 Å². The van der Waals surface area contributed by atoms with E-state index in [2.05, 4.69) is 9.47 Å². The van der Waals surface area contributed by atoms with Crippen LogP contribution in [-0.4, -0.2) is 43.4 Å². The van der Waals surface area contributed by atoms with Gasteiger partial charge in [-0.05, 0) is 12.1 Å². The van der Waals surface area contributed by atoms with E-state index in [1.807, 2.05) is 0 Å². The molecule has 0 saturated carbocycles. The smallest absolute Gasteiger partial charge is 0.414 e. The van der Waals surface area contributed by atoms with Crippen LogP contribution in [0.2, 0.25) is 0 Å². The molecule has 1 amide bonds. The number of amides is 1. The highest BCUT2D eigenvalue weighted by Gasteiger charge is 2.34. The number of aliphatic carboxylic acids is 1. The van der Waals surface area contributed by atoms with Crippen LogP contribution in [0.1, 0.15) is 6.42 Å². The third-order valence-corrected chi connectivity index (χ3v) is 2.56. The highest BCUT2D eigenvalue weighted by molar-refractivity contribution is 5.97. The SMILES string of the molecule is COC(=O)[C@H](CC(=O)O)N(C(=O)OC)c1ccccc1. The molecule has 1 N–H and O–H groups in total. The summed E-state index contributed by atoms with van der Waals surface area (Å²) in [6.45, 7) is 0. The molecule has 0 radical (unpaired) electrons. The third kappa shape index (κ3) is 3.71. The van der Waals surface area contributed by atoms with Crippen LogP contribution in [-0.2, 0) is 19.1 Å². The summed E-state index contributed by atoms with van der Waals surface area (Å²) >= 11 is 0. The lowest BCUT2D eigenvalue weighted by molar-refractivity contribution is -0.147. The summed E-state index contributed by atoms with van der Waals surface area (Å²) in [5.41, 5.74) is 0.344. The van der Waals surface area contributed by atoms with E-state index in [-0.39, 0.29) is 0 Å². The Balaban J connectivity index is 3.21. The van der Waals surface area contributed by atoms with Crippen LogP contribution in [0.4, 0.5) is 10.5 Å². The van der Waals surface area contributed by atoms with Crippen LogP contribution in [0.25, 0.3) is 0 Å². The zero-order valence-corrected chi connectivity index (χ0v) is 11.1. The molecule has 0 heterocycles. The molecule has 7 nitrogen and oxygen atoms in total. The van der Waals surface area contributed by atoms with Gasteiger partial charge in [-0.1, -0.05) is 18.2 Å². The van der Waals surface area contributed by atoms with Crippen LogP contribution in [0, 0.1) is 0 Å². The van der Waals surface area contributed by atoms with Gasteiger partial charge in [0.05, 0.1) is 20.6 Å². The fourth-order valence-electron chi connectivity index (χ4n) is 1.68. The number of hydrogen-bond acceptors (Lipinski definition) is 5. The maximum atomic E-state index is 11.9. The first kappa shape index (κ1) is 15.5. The number of carbonyl (C=O) groups is 3. The first-order chi connectivity index (χ1) is 9.51. The molecule has 7 heteroatoms. The minimum absolute atomic E-state index is 0.344. The molecule has 108 valence electrons. The Labute approximate surface area is 115 Å². The van der Waals surface area contributed by atoms with Crippen molar-refractivity contribution in [2.45, 2.75) is 12.5 Å². The molecule has 1 atom stereocenters. The van der Waals surface area contributed by atoms with Crippen LogP contribution in [0.3, 0.4) is 0 Å². The van der Waals surface area contributed by atoms with E-state index >= 15 is 0 Å². The molecule has 0 aliphatic heterocycles. The summed E-state index contributed by atoms with van der Waals surface area (Å²) in [4.78, 5) is 35.5. The molecule has 1 aromatic rings. The Morgan fingerprint density at radius 1 is 1.15 bits per heavy atom. The molecule has 1 rings (SSSR count). The van der Waals surface area contributed by atoms with Gasteiger partial charge in [-0.15, -0.1) is 0 Å². The summed E-state index contributed by atoms with van der Waals surface area (Å²) in [5, 5.41) is 8.89. The molecule has 1 aromatic carbocycles. The number of esters is 1. The Bertz CT molecular complexity index is 487. The molecule has 0 aliphatic carbocycles. The largest absolute Gasteiger partial charge is 0.481 e. The zero-order chi connectivity index (χ0) is 15.1. The summed E-state index contributed by atoms with van der Waals surface area (Å²) in [6, 6.07) is 6.86. The summed E-state index contributed by atoms with van der Waals surface area (Å²) in [5.74, 6) is -2.06. The van der Waals surface area contributed by atoms with Crippen LogP contribution in [0.15, 0.2) is 30.3 Å². The maximum Gasteiger partial charge on any atom is 0.414 e. The number of carboxylic acid groups (broad SMARTS) is 1. The topological polar surface area (TPSA) is 93.1 Å².